The number of nitrogens with two attached hydrogens (primary N) is 1. The Morgan fingerprint density at radius 1 is 1.41 bits per heavy atom. The highest BCUT2D eigenvalue weighted by Crippen LogP contribution is 2.38. The van der Waals surface area contributed by atoms with Crippen LogP contribution in [-0.4, -0.2) is 22.2 Å². The van der Waals surface area contributed by atoms with Crippen LogP contribution in [0.1, 0.15) is 56.7 Å². The summed E-state index contributed by atoms with van der Waals surface area (Å²) in [4.78, 5) is 12.3. The van der Waals surface area contributed by atoms with Crippen LogP contribution in [-0.2, 0) is 24.8 Å². The molecule has 1 aromatic rings. The lowest BCUT2D eigenvalue weighted by Crippen LogP contribution is -2.38. The van der Waals surface area contributed by atoms with Gasteiger partial charge in [0.05, 0.1) is 5.69 Å². The van der Waals surface area contributed by atoms with E-state index in [2.05, 4.69) is 17.3 Å². The zero-order valence-corrected chi connectivity index (χ0v) is 14.5. The predicted octanol–water partition coefficient (Wildman–Crippen LogP) is 2.32. The molecule has 126 valence electrons. The number of nitrogens with one attached hydrogen (secondary N) is 1. The van der Waals surface area contributed by atoms with Gasteiger partial charge in [-0.3, -0.25) is 9.48 Å². The summed E-state index contributed by atoms with van der Waals surface area (Å²) in [6, 6.07) is 0. The Kier molecular flexibility index (Phi) is 7.36. The summed E-state index contributed by atoms with van der Waals surface area (Å²) in [6.07, 6.45) is 9.29. The molecule has 6 heteroatoms. The number of carbonyl (C=O) groups is 1. The highest BCUT2D eigenvalue weighted by Gasteiger charge is 2.32. The van der Waals surface area contributed by atoms with Gasteiger partial charge in [-0.15, -0.1) is 12.4 Å². The van der Waals surface area contributed by atoms with Crippen molar-refractivity contribution in [1.82, 2.24) is 15.1 Å². The molecule has 1 amide bonds. The van der Waals surface area contributed by atoms with Crippen molar-refractivity contribution in [3.63, 3.8) is 0 Å². The van der Waals surface area contributed by atoms with Gasteiger partial charge in [0.1, 0.15) is 0 Å². The topological polar surface area (TPSA) is 72.9 Å². The van der Waals surface area contributed by atoms with E-state index in [4.69, 9.17) is 5.73 Å². The van der Waals surface area contributed by atoms with Crippen molar-refractivity contribution in [2.45, 2.75) is 58.4 Å². The first-order chi connectivity index (χ1) is 10.1. The normalized spacial score (nSPS) is 16.9. The standard InChI is InChI=1S/C16H28N4O.ClH/c1-3-14-13(11-20(2)19-14)10-18-15(21)9-16(12-17)7-5-4-6-8-16;/h11H,3-10,12,17H2,1-2H3,(H,18,21);1H. The van der Waals surface area contributed by atoms with E-state index in [0.717, 1.165) is 30.5 Å². The number of aryl methyl sites for hydroxylation is 2. The minimum absolute atomic E-state index is 0. The summed E-state index contributed by atoms with van der Waals surface area (Å²) in [6.45, 7) is 3.27. The molecule has 1 aliphatic rings. The van der Waals surface area contributed by atoms with Crippen molar-refractivity contribution in [2.24, 2.45) is 18.2 Å². The smallest absolute Gasteiger partial charge is 0.220 e. The van der Waals surface area contributed by atoms with Crippen LogP contribution in [0.2, 0.25) is 0 Å². The first-order valence-corrected chi connectivity index (χ1v) is 8.07. The maximum absolute atomic E-state index is 12.3. The van der Waals surface area contributed by atoms with Gasteiger partial charge in [0.15, 0.2) is 0 Å². The van der Waals surface area contributed by atoms with E-state index in [1.54, 1.807) is 0 Å². The summed E-state index contributed by atoms with van der Waals surface area (Å²) >= 11 is 0. The van der Waals surface area contributed by atoms with E-state index in [0.29, 0.717) is 19.5 Å². The van der Waals surface area contributed by atoms with Crippen molar-refractivity contribution in [2.75, 3.05) is 6.54 Å². The fraction of sp³-hybridized carbons (Fsp3) is 0.750. The number of hydrogen-bond donors (Lipinski definition) is 2. The summed E-state index contributed by atoms with van der Waals surface area (Å²) in [7, 11) is 1.91. The highest BCUT2D eigenvalue weighted by atomic mass is 35.5. The third-order valence-corrected chi connectivity index (χ3v) is 4.69. The van der Waals surface area contributed by atoms with Gasteiger partial charge < -0.3 is 11.1 Å². The zero-order valence-electron chi connectivity index (χ0n) is 13.7. The SMILES string of the molecule is CCc1nn(C)cc1CNC(=O)CC1(CN)CCCCC1.Cl. The Morgan fingerprint density at radius 2 is 2.09 bits per heavy atom. The van der Waals surface area contributed by atoms with Crippen LogP contribution in [0.25, 0.3) is 0 Å². The number of rotatable bonds is 6. The van der Waals surface area contributed by atoms with Crippen LogP contribution in [0.3, 0.4) is 0 Å². The fourth-order valence-electron chi connectivity index (χ4n) is 3.38. The van der Waals surface area contributed by atoms with Crippen LogP contribution in [0.4, 0.5) is 0 Å². The van der Waals surface area contributed by atoms with E-state index < -0.39 is 0 Å². The number of aromatic nitrogens is 2. The maximum Gasteiger partial charge on any atom is 0.220 e. The minimum atomic E-state index is 0. The van der Waals surface area contributed by atoms with E-state index >= 15 is 0 Å². The largest absolute Gasteiger partial charge is 0.352 e. The van der Waals surface area contributed by atoms with Gasteiger partial charge in [-0.1, -0.05) is 26.2 Å². The molecule has 0 spiro atoms. The lowest BCUT2D eigenvalue weighted by Gasteiger charge is -2.35. The van der Waals surface area contributed by atoms with Crippen molar-refractivity contribution in [3.05, 3.63) is 17.5 Å². The first kappa shape index (κ1) is 19.0. The van der Waals surface area contributed by atoms with Gasteiger partial charge in [-0.05, 0) is 31.2 Å². The van der Waals surface area contributed by atoms with Gasteiger partial charge in [0.25, 0.3) is 0 Å². The van der Waals surface area contributed by atoms with E-state index in [-0.39, 0.29) is 23.7 Å². The molecule has 1 heterocycles. The Bertz CT molecular complexity index is 480. The third-order valence-electron chi connectivity index (χ3n) is 4.69. The molecular formula is C16H29ClN4O. The van der Waals surface area contributed by atoms with Crippen LogP contribution in [0.5, 0.6) is 0 Å². The number of nitrogens with zero attached hydrogens (tertiary/aromatic N) is 2. The van der Waals surface area contributed by atoms with Crippen molar-refractivity contribution >= 4 is 18.3 Å². The maximum atomic E-state index is 12.3. The van der Waals surface area contributed by atoms with E-state index in [1.807, 2.05) is 17.9 Å². The Balaban J connectivity index is 0.00000242. The van der Waals surface area contributed by atoms with Gasteiger partial charge in [0, 0.05) is 31.8 Å². The van der Waals surface area contributed by atoms with Gasteiger partial charge in [-0.25, -0.2) is 0 Å². The highest BCUT2D eigenvalue weighted by molar-refractivity contribution is 5.85. The molecule has 1 aromatic heterocycles. The molecule has 1 aliphatic carbocycles. The average molecular weight is 329 g/mol. The second-order valence-corrected chi connectivity index (χ2v) is 6.35. The molecule has 0 radical (unpaired) electrons. The van der Waals surface area contributed by atoms with E-state index in [1.165, 1.54) is 19.3 Å². The van der Waals surface area contributed by atoms with Gasteiger partial charge in [0.2, 0.25) is 5.91 Å². The van der Waals surface area contributed by atoms with Crippen LogP contribution in [0, 0.1) is 5.41 Å². The summed E-state index contributed by atoms with van der Waals surface area (Å²) in [5.41, 5.74) is 8.15. The molecular weight excluding hydrogens is 300 g/mol. The predicted molar refractivity (Wildman–Crippen MR) is 90.9 cm³/mol. The average Bonchev–Trinajstić information content (AvgIpc) is 2.86. The molecule has 0 saturated heterocycles. The molecule has 1 saturated carbocycles. The van der Waals surface area contributed by atoms with Crippen LogP contribution in [0.15, 0.2) is 6.20 Å². The number of amides is 1. The quantitative estimate of drug-likeness (QED) is 0.841. The second kappa shape index (κ2) is 8.53. The second-order valence-electron chi connectivity index (χ2n) is 6.35. The molecule has 0 unspecified atom stereocenters. The Labute approximate surface area is 139 Å². The fourth-order valence-corrected chi connectivity index (χ4v) is 3.38. The first-order valence-electron chi connectivity index (χ1n) is 8.07. The summed E-state index contributed by atoms with van der Waals surface area (Å²) in [5, 5.41) is 7.44. The third kappa shape index (κ3) is 4.71. The summed E-state index contributed by atoms with van der Waals surface area (Å²) in [5.74, 6) is 0.119. The monoisotopic (exact) mass is 328 g/mol. The van der Waals surface area contributed by atoms with Crippen molar-refractivity contribution in [1.29, 1.82) is 0 Å². The summed E-state index contributed by atoms with van der Waals surface area (Å²) < 4.78 is 1.81. The lowest BCUT2D eigenvalue weighted by molar-refractivity contribution is -0.124. The molecule has 5 nitrogen and oxygen atoms in total. The molecule has 0 bridgehead atoms. The molecule has 2 rings (SSSR count). The minimum Gasteiger partial charge on any atom is -0.352 e. The molecule has 22 heavy (non-hydrogen) atoms. The Morgan fingerprint density at radius 3 is 2.68 bits per heavy atom. The van der Waals surface area contributed by atoms with Crippen molar-refractivity contribution in [3.8, 4) is 0 Å². The lowest BCUT2D eigenvalue weighted by atomic mass is 9.71. The number of carbonyl (C=O) groups excluding carboxylic acids is 1. The van der Waals surface area contributed by atoms with Crippen LogP contribution < -0.4 is 11.1 Å². The van der Waals surface area contributed by atoms with Gasteiger partial charge in [-0.2, -0.15) is 5.10 Å². The van der Waals surface area contributed by atoms with E-state index in [9.17, 15) is 4.79 Å². The molecule has 0 aliphatic heterocycles. The van der Waals surface area contributed by atoms with Gasteiger partial charge >= 0.3 is 0 Å². The molecule has 3 N–H and O–H groups in total. The molecule has 1 fully saturated rings. The number of hydrogen-bond acceptors (Lipinski definition) is 3. The van der Waals surface area contributed by atoms with Crippen LogP contribution >= 0.6 is 12.4 Å². The number of halogens is 1. The van der Waals surface area contributed by atoms with Crippen molar-refractivity contribution < 1.29 is 4.79 Å². The molecule has 0 aromatic carbocycles. The zero-order chi connectivity index (χ0) is 15.3. The Hall–Kier alpha value is -1.07. The molecule has 0 atom stereocenters.